The van der Waals surface area contributed by atoms with E-state index in [-0.39, 0.29) is 12.3 Å². The van der Waals surface area contributed by atoms with E-state index in [9.17, 15) is 4.79 Å². The lowest BCUT2D eigenvalue weighted by molar-refractivity contribution is -0.121. The van der Waals surface area contributed by atoms with Crippen molar-refractivity contribution in [1.82, 2.24) is 20.2 Å². The standard InChI is InChI=1S/C26H22BClN6OS/c1-14-15(2)36-26-23(14)24(18-6-10-20(28)11-7-18)30-21(25-33-31-16(3)34(25)26)12-22(35)32-29-13-17-4-8-19(27)9-5-17/h4-11,13,21H,12H2,1-3H3,(H,32,35)/b29-13-/t21-/m0/s1. The molecule has 7 nitrogen and oxygen atoms in total. The van der Waals surface area contributed by atoms with Crippen molar-refractivity contribution in [3.63, 3.8) is 0 Å². The van der Waals surface area contributed by atoms with Crippen molar-refractivity contribution in [3.8, 4) is 5.00 Å². The lowest BCUT2D eigenvalue weighted by atomic mass is 9.96. The summed E-state index contributed by atoms with van der Waals surface area (Å²) in [6.45, 7) is 6.10. The Labute approximate surface area is 219 Å². The van der Waals surface area contributed by atoms with Gasteiger partial charge in [-0.15, -0.1) is 21.5 Å². The molecule has 2 aromatic carbocycles. The molecule has 0 saturated carbocycles. The van der Waals surface area contributed by atoms with Crippen molar-refractivity contribution in [1.29, 1.82) is 0 Å². The van der Waals surface area contributed by atoms with Crippen LogP contribution in [0.25, 0.3) is 5.00 Å². The van der Waals surface area contributed by atoms with E-state index in [1.807, 2.05) is 47.9 Å². The van der Waals surface area contributed by atoms with Crippen molar-refractivity contribution in [2.45, 2.75) is 33.2 Å². The quantitative estimate of drug-likeness (QED) is 0.248. The number of hydrogen-bond donors (Lipinski definition) is 1. The van der Waals surface area contributed by atoms with E-state index >= 15 is 0 Å². The summed E-state index contributed by atoms with van der Waals surface area (Å²) in [5, 5.41) is 14.5. The van der Waals surface area contributed by atoms with E-state index < -0.39 is 6.04 Å². The van der Waals surface area contributed by atoms with Crippen molar-refractivity contribution < 1.29 is 4.79 Å². The zero-order chi connectivity index (χ0) is 25.4. The van der Waals surface area contributed by atoms with Crippen molar-refractivity contribution >= 4 is 54.1 Å². The van der Waals surface area contributed by atoms with E-state index in [1.54, 1.807) is 29.7 Å². The number of aromatic nitrogens is 3. The van der Waals surface area contributed by atoms with Crippen molar-refractivity contribution in [3.05, 3.63) is 92.3 Å². The number of fused-ring (bicyclic) bond motifs is 3. The van der Waals surface area contributed by atoms with Crippen LogP contribution < -0.4 is 10.9 Å². The van der Waals surface area contributed by atoms with Crippen LogP contribution in [-0.2, 0) is 4.79 Å². The first-order valence-corrected chi connectivity index (χ1v) is 12.5. The van der Waals surface area contributed by atoms with Gasteiger partial charge in [0.1, 0.15) is 24.7 Å². The van der Waals surface area contributed by atoms with Crippen LogP contribution in [0.3, 0.4) is 0 Å². The van der Waals surface area contributed by atoms with Crippen LogP contribution in [0.2, 0.25) is 5.02 Å². The molecule has 4 aromatic rings. The molecule has 3 heterocycles. The molecule has 0 unspecified atom stereocenters. The summed E-state index contributed by atoms with van der Waals surface area (Å²) in [5.41, 5.74) is 7.98. The number of thiophene rings is 1. The molecule has 0 fully saturated rings. The Balaban J connectivity index is 1.52. The molecule has 10 heteroatoms. The minimum atomic E-state index is -0.553. The van der Waals surface area contributed by atoms with Crippen LogP contribution in [0.15, 0.2) is 58.6 Å². The summed E-state index contributed by atoms with van der Waals surface area (Å²) in [4.78, 5) is 19.2. The van der Waals surface area contributed by atoms with Gasteiger partial charge in [0.2, 0.25) is 5.91 Å². The molecule has 1 amide bonds. The Bertz CT molecular complexity index is 1500. The second-order valence-corrected chi connectivity index (χ2v) is 10.2. The zero-order valence-electron chi connectivity index (χ0n) is 20.0. The number of nitrogens with one attached hydrogen (secondary N) is 1. The highest BCUT2D eigenvalue weighted by Gasteiger charge is 2.32. The van der Waals surface area contributed by atoms with Gasteiger partial charge in [0.05, 0.1) is 18.3 Å². The largest absolute Gasteiger partial charge is 0.273 e. The molecular formula is C26H22BClN6OS. The molecule has 0 bridgehead atoms. The van der Waals surface area contributed by atoms with Crippen LogP contribution >= 0.6 is 22.9 Å². The van der Waals surface area contributed by atoms with Crippen molar-refractivity contribution in [2.24, 2.45) is 10.1 Å². The fraction of sp³-hybridized carbons (Fsp3) is 0.192. The van der Waals surface area contributed by atoms with Gasteiger partial charge in [-0.05, 0) is 44.0 Å². The van der Waals surface area contributed by atoms with Gasteiger partial charge >= 0.3 is 0 Å². The number of carbonyl (C=O) groups is 1. The number of aliphatic imine (C=N–C) groups is 1. The summed E-state index contributed by atoms with van der Waals surface area (Å²) in [7, 11) is 5.72. The van der Waals surface area contributed by atoms with Crippen LogP contribution in [0.5, 0.6) is 0 Å². The molecule has 1 aliphatic rings. The summed E-state index contributed by atoms with van der Waals surface area (Å²) in [5.74, 6) is 1.08. The van der Waals surface area contributed by atoms with Crippen LogP contribution in [0.1, 0.15) is 51.2 Å². The van der Waals surface area contributed by atoms with E-state index in [2.05, 4.69) is 34.6 Å². The average molecular weight is 513 g/mol. The third-order valence-electron chi connectivity index (χ3n) is 6.08. The van der Waals surface area contributed by atoms with Crippen LogP contribution in [-0.4, -0.2) is 40.4 Å². The highest BCUT2D eigenvalue weighted by molar-refractivity contribution is 7.15. The first-order valence-electron chi connectivity index (χ1n) is 11.4. The summed E-state index contributed by atoms with van der Waals surface area (Å²) in [6.07, 6.45) is 1.63. The Morgan fingerprint density at radius 1 is 1.14 bits per heavy atom. The molecule has 0 saturated heterocycles. The number of hydrazone groups is 1. The predicted octanol–water partition coefficient (Wildman–Crippen LogP) is 4.13. The predicted molar refractivity (Wildman–Crippen MR) is 145 cm³/mol. The number of hydrogen-bond acceptors (Lipinski definition) is 6. The minimum Gasteiger partial charge on any atom is -0.273 e. The highest BCUT2D eigenvalue weighted by Crippen LogP contribution is 2.39. The van der Waals surface area contributed by atoms with Crippen LogP contribution in [0, 0.1) is 20.8 Å². The van der Waals surface area contributed by atoms with Gasteiger partial charge in [-0.2, -0.15) is 5.10 Å². The smallest absolute Gasteiger partial charge is 0.242 e. The zero-order valence-corrected chi connectivity index (χ0v) is 21.6. The number of amides is 1. The third-order valence-corrected chi connectivity index (χ3v) is 7.52. The molecule has 178 valence electrons. The lowest BCUT2D eigenvalue weighted by Crippen LogP contribution is -2.21. The van der Waals surface area contributed by atoms with Gasteiger partial charge in [0, 0.05) is 21.0 Å². The SMILES string of the molecule is [B]c1ccc(/C=N\NC(=O)C[C@@H]2N=C(c3ccc(Cl)cc3)c3c(sc(C)c3C)-n3c(C)nnc32)cc1. The maximum atomic E-state index is 12.9. The number of nitrogens with zero attached hydrogens (tertiary/aromatic N) is 5. The van der Waals surface area contributed by atoms with E-state index in [0.29, 0.717) is 16.3 Å². The van der Waals surface area contributed by atoms with Gasteiger partial charge in [-0.25, -0.2) is 5.43 Å². The summed E-state index contributed by atoms with van der Waals surface area (Å²) >= 11 is 7.83. The molecule has 36 heavy (non-hydrogen) atoms. The van der Waals surface area contributed by atoms with Gasteiger partial charge < -0.3 is 0 Å². The van der Waals surface area contributed by atoms with Gasteiger partial charge in [-0.3, -0.25) is 14.4 Å². The number of carbonyl (C=O) groups excluding carboxylic acids is 1. The second-order valence-electron chi connectivity index (χ2n) is 8.57. The first kappa shape index (κ1) is 24.2. The maximum Gasteiger partial charge on any atom is 0.242 e. The molecule has 1 atom stereocenters. The lowest BCUT2D eigenvalue weighted by Gasteiger charge is -2.12. The second kappa shape index (κ2) is 9.83. The molecule has 2 aromatic heterocycles. The summed E-state index contributed by atoms with van der Waals surface area (Å²) in [6, 6.07) is 14.2. The monoisotopic (exact) mass is 512 g/mol. The normalized spacial score (nSPS) is 14.8. The molecule has 0 aliphatic carbocycles. The maximum absolute atomic E-state index is 12.9. The Morgan fingerprint density at radius 3 is 2.58 bits per heavy atom. The van der Waals surface area contributed by atoms with Crippen molar-refractivity contribution in [2.75, 3.05) is 0 Å². The molecule has 0 spiro atoms. The molecule has 1 N–H and O–H groups in total. The van der Waals surface area contributed by atoms with Gasteiger partial charge in [-0.1, -0.05) is 53.5 Å². The Morgan fingerprint density at radius 2 is 1.86 bits per heavy atom. The number of rotatable bonds is 5. The third kappa shape index (κ3) is 4.64. The summed E-state index contributed by atoms with van der Waals surface area (Å²) < 4.78 is 2.02. The number of aryl methyl sites for hydroxylation is 2. The Kier molecular flexibility index (Phi) is 6.60. The fourth-order valence-electron chi connectivity index (χ4n) is 4.11. The average Bonchev–Trinajstić information content (AvgIpc) is 3.33. The molecule has 2 radical (unpaired) electrons. The Hall–Kier alpha value is -3.56. The van der Waals surface area contributed by atoms with Gasteiger partial charge in [0.25, 0.3) is 0 Å². The minimum absolute atomic E-state index is 0.0568. The molecule has 5 rings (SSSR count). The van der Waals surface area contributed by atoms with E-state index in [1.165, 1.54) is 4.88 Å². The number of benzene rings is 2. The number of halogens is 1. The first-order chi connectivity index (χ1) is 17.3. The van der Waals surface area contributed by atoms with Crippen LogP contribution in [0.4, 0.5) is 0 Å². The highest BCUT2D eigenvalue weighted by atomic mass is 35.5. The van der Waals surface area contributed by atoms with E-state index in [4.69, 9.17) is 24.4 Å². The van der Waals surface area contributed by atoms with Gasteiger partial charge in [0.15, 0.2) is 5.82 Å². The molecular weight excluding hydrogens is 491 g/mol. The fourth-order valence-corrected chi connectivity index (χ4v) is 5.45. The van der Waals surface area contributed by atoms with E-state index in [0.717, 1.165) is 38.8 Å². The molecule has 1 aliphatic heterocycles. The topological polar surface area (TPSA) is 84.5 Å².